The molecule has 0 unspecified atom stereocenters. The fraction of sp³-hybridized carbons (Fsp3) is 0.500. The number of amides is 1. The summed E-state index contributed by atoms with van der Waals surface area (Å²) in [7, 11) is 0. The van der Waals surface area contributed by atoms with Gasteiger partial charge in [-0.2, -0.15) is 0 Å². The largest absolute Gasteiger partial charge is 0.379 e. The molecule has 19 heavy (non-hydrogen) atoms. The standard InChI is InChI=1S/C14H19ClN2O2/c1-10-7-12(15)4-3-11(10)8-17-6-2-5-14(19,9-17)13(16)18/h3-4,7,19H,2,5-6,8-9H2,1H3,(H2,16,18)/t14-/m1/s1. The van der Waals surface area contributed by atoms with Crippen molar-refractivity contribution in [3.05, 3.63) is 34.3 Å². The van der Waals surface area contributed by atoms with Crippen molar-refractivity contribution in [3.63, 3.8) is 0 Å². The lowest BCUT2D eigenvalue weighted by Crippen LogP contribution is -2.55. The molecule has 1 aliphatic rings. The zero-order chi connectivity index (χ0) is 14.0. The minimum absolute atomic E-state index is 0.296. The maximum atomic E-state index is 11.3. The molecule has 3 N–H and O–H groups in total. The normalized spacial score (nSPS) is 24.4. The zero-order valence-electron chi connectivity index (χ0n) is 11.0. The van der Waals surface area contributed by atoms with Gasteiger partial charge >= 0.3 is 0 Å². The van der Waals surface area contributed by atoms with Crippen molar-refractivity contribution < 1.29 is 9.90 Å². The molecule has 1 aromatic rings. The number of nitrogens with zero attached hydrogens (tertiary/aromatic N) is 1. The Morgan fingerprint density at radius 3 is 2.95 bits per heavy atom. The Morgan fingerprint density at radius 1 is 1.58 bits per heavy atom. The zero-order valence-corrected chi connectivity index (χ0v) is 11.8. The molecule has 1 aliphatic heterocycles. The number of carbonyl (C=O) groups excluding carboxylic acids is 1. The number of primary amides is 1. The van der Waals surface area contributed by atoms with E-state index >= 15 is 0 Å². The van der Waals surface area contributed by atoms with Crippen molar-refractivity contribution in [2.75, 3.05) is 13.1 Å². The molecule has 1 atom stereocenters. The van der Waals surface area contributed by atoms with Crippen molar-refractivity contribution >= 4 is 17.5 Å². The Balaban J connectivity index is 2.09. The highest BCUT2D eigenvalue weighted by atomic mass is 35.5. The summed E-state index contributed by atoms with van der Waals surface area (Å²) in [5.74, 6) is -0.634. The lowest BCUT2D eigenvalue weighted by molar-refractivity contribution is -0.142. The molecule has 0 radical (unpaired) electrons. The smallest absolute Gasteiger partial charge is 0.250 e. The Morgan fingerprint density at radius 2 is 2.32 bits per heavy atom. The Kier molecular flexibility index (Phi) is 4.13. The van der Waals surface area contributed by atoms with Crippen LogP contribution in [0.1, 0.15) is 24.0 Å². The molecule has 1 heterocycles. The fourth-order valence-electron chi connectivity index (χ4n) is 2.54. The van der Waals surface area contributed by atoms with Crippen molar-refractivity contribution in [3.8, 4) is 0 Å². The van der Waals surface area contributed by atoms with Crippen molar-refractivity contribution in [1.29, 1.82) is 0 Å². The molecule has 4 nitrogen and oxygen atoms in total. The molecular formula is C14H19ClN2O2. The fourth-order valence-corrected chi connectivity index (χ4v) is 2.76. The molecule has 1 amide bonds. The first-order valence-corrected chi connectivity index (χ1v) is 6.78. The van der Waals surface area contributed by atoms with Crippen LogP contribution in [0.3, 0.4) is 0 Å². The van der Waals surface area contributed by atoms with Crippen LogP contribution in [-0.4, -0.2) is 34.6 Å². The van der Waals surface area contributed by atoms with E-state index in [4.69, 9.17) is 17.3 Å². The summed E-state index contributed by atoms with van der Waals surface area (Å²) >= 11 is 5.93. The topological polar surface area (TPSA) is 66.6 Å². The van der Waals surface area contributed by atoms with Gasteiger partial charge in [0.05, 0.1) is 0 Å². The number of hydrogen-bond acceptors (Lipinski definition) is 3. The van der Waals surface area contributed by atoms with Crippen LogP contribution in [0.2, 0.25) is 5.02 Å². The van der Waals surface area contributed by atoms with E-state index in [2.05, 4.69) is 4.90 Å². The number of aryl methyl sites for hydroxylation is 1. The van der Waals surface area contributed by atoms with Gasteiger partial charge in [-0.05, 0) is 49.6 Å². The third kappa shape index (κ3) is 3.26. The predicted molar refractivity (Wildman–Crippen MR) is 74.8 cm³/mol. The predicted octanol–water partition coefficient (Wildman–Crippen LogP) is 1.46. The minimum atomic E-state index is -1.39. The van der Waals surface area contributed by atoms with Gasteiger partial charge in [0.1, 0.15) is 0 Å². The second-order valence-electron chi connectivity index (χ2n) is 5.28. The minimum Gasteiger partial charge on any atom is -0.379 e. The number of piperidine rings is 1. The molecule has 0 spiro atoms. The summed E-state index contributed by atoms with van der Waals surface area (Å²) in [5.41, 5.74) is 6.15. The van der Waals surface area contributed by atoms with Gasteiger partial charge in [0, 0.05) is 18.1 Å². The average Bonchev–Trinajstić information content (AvgIpc) is 2.33. The van der Waals surface area contributed by atoms with Crippen molar-refractivity contribution in [2.24, 2.45) is 5.73 Å². The Hall–Kier alpha value is -1.10. The molecule has 104 valence electrons. The first-order chi connectivity index (χ1) is 8.90. The maximum absolute atomic E-state index is 11.3. The van der Waals surface area contributed by atoms with Crippen molar-refractivity contribution in [2.45, 2.75) is 31.9 Å². The van der Waals surface area contributed by atoms with Crippen LogP contribution < -0.4 is 5.73 Å². The SMILES string of the molecule is Cc1cc(Cl)ccc1CN1CCC[C@](O)(C(N)=O)C1. The third-order valence-corrected chi connectivity index (χ3v) is 3.94. The Labute approximate surface area is 118 Å². The van der Waals surface area contributed by atoms with Gasteiger partial charge in [-0.15, -0.1) is 0 Å². The summed E-state index contributed by atoms with van der Waals surface area (Å²) < 4.78 is 0. The number of halogens is 1. The maximum Gasteiger partial charge on any atom is 0.250 e. The van der Waals surface area contributed by atoms with Crippen LogP contribution in [0.5, 0.6) is 0 Å². The summed E-state index contributed by atoms with van der Waals surface area (Å²) in [6, 6.07) is 5.75. The average molecular weight is 283 g/mol. The molecule has 2 rings (SSSR count). The van der Waals surface area contributed by atoms with E-state index < -0.39 is 11.5 Å². The molecular weight excluding hydrogens is 264 g/mol. The van der Waals surface area contributed by atoms with Crippen LogP contribution in [0, 0.1) is 6.92 Å². The van der Waals surface area contributed by atoms with Crippen LogP contribution in [-0.2, 0) is 11.3 Å². The molecule has 0 aromatic heterocycles. The van der Waals surface area contributed by atoms with E-state index in [-0.39, 0.29) is 0 Å². The quantitative estimate of drug-likeness (QED) is 0.882. The first-order valence-electron chi connectivity index (χ1n) is 6.40. The molecule has 5 heteroatoms. The number of likely N-dealkylation sites (tertiary alicyclic amines) is 1. The molecule has 1 saturated heterocycles. The second kappa shape index (κ2) is 5.49. The van der Waals surface area contributed by atoms with E-state index in [1.165, 1.54) is 0 Å². The van der Waals surface area contributed by atoms with Gasteiger partial charge in [-0.1, -0.05) is 17.7 Å². The highest BCUT2D eigenvalue weighted by molar-refractivity contribution is 6.30. The number of benzene rings is 1. The summed E-state index contributed by atoms with van der Waals surface area (Å²) in [6.45, 7) is 3.85. The van der Waals surface area contributed by atoms with E-state index in [1.54, 1.807) is 0 Å². The summed E-state index contributed by atoms with van der Waals surface area (Å²) in [5, 5.41) is 10.9. The monoisotopic (exact) mass is 282 g/mol. The van der Waals surface area contributed by atoms with E-state index in [0.29, 0.717) is 24.5 Å². The number of aliphatic hydroxyl groups is 1. The van der Waals surface area contributed by atoms with Gasteiger partial charge in [0.25, 0.3) is 5.91 Å². The van der Waals surface area contributed by atoms with E-state index in [1.807, 2.05) is 25.1 Å². The van der Waals surface area contributed by atoms with E-state index in [9.17, 15) is 9.90 Å². The number of β-amino-alcohol motifs (C(OH)–C–C–N with tert-alkyl or cyclic N) is 1. The summed E-state index contributed by atoms with van der Waals surface area (Å²) in [4.78, 5) is 13.4. The Bertz CT molecular complexity index is 492. The van der Waals surface area contributed by atoms with E-state index in [0.717, 1.165) is 24.1 Å². The van der Waals surface area contributed by atoms with Gasteiger partial charge in [-0.3, -0.25) is 9.69 Å². The third-order valence-electron chi connectivity index (χ3n) is 3.71. The van der Waals surface area contributed by atoms with Crippen LogP contribution in [0.4, 0.5) is 0 Å². The highest BCUT2D eigenvalue weighted by Crippen LogP contribution is 2.24. The highest BCUT2D eigenvalue weighted by Gasteiger charge is 2.38. The molecule has 0 bridgehead atoms. The number of carbonyl (C=O) groups is 1. The number of nitrogens with two attached hydrogens (primary N) is 1. The van der Waals surface area contributed by atoms with Crippen molar-refractivity contribution in [1.82, 2.24) is 4.90 Å². The van der Waals surface area contributed by atoms with Crippen LogP contribution >= 0.6 is 11.6 Å². The molecule has 1 fully saturated rings. The van der Waals surface area contributed by atoms with Gasteiger partial charge in [0.15, 0.2) is 5.60 Å². The lowest BCUT2D eigenvalue weighted by Gasteiger charge is -2.37. The second-order valence-corrected chi connectivity index (χ2v) is 5.72. The van der Waals surface area contributed by atoms with Gasteiger partial charge in [-0.25, -0.2) is 0 Å². The van der Waals surface area contributed by atoms with Crippen LogP contribution in [0.15, 0.2) is 18.2 Å². The molecule has 1 aromatic carbocycles. The molecule has 0 saturated carbocycles. The van der Waals surface area contributed by atoms with Gasteiger partial charge < -0.3 is 10.8 Å². The lowest BCUT2D eigenvalue weighted by atomic mass is 9.91. The van der Waals surface area contributed by atoms with Gasteiger partial charge in [0.2, 0.25) is 0 Å². The van der Waals surface area contributed by atoms with Crippen LogP contribution in [0.25, 0.3) is 0 Å². The molecule has 0 aliphatic carbocycles. The summed E-state index contributed by atoms with van der Waals surface area (Å²) in [6.07, 6.45) is 1.21. The number of rotatable bonds is 3. The number of hydrogen-bond donors (Lipinski definition) is 2. The first kappa shape index (κ1) is 14.3.